The summed E-state index contributed by atoms with van der Waals surface area (Å²) in [5.74, 6) is 0.316. The third kappa shape index (κ3) is 1.96. The Labute approximate surface area is 62.2 Å². The number of ether oxygens (including phenoxy) is 1. The number of epoxide rings is 1. The van der Waals surface area contributed by atoms with E-state index in [4.69, 9.17) is 4.74 Å². The summed E-state index contributed by atoms with van der Waals surface area (Å²) < 4.78 is 5.03. The van der Waals surface area contributed by atoms with Crippen molar-refractivity contribution >= 4 is 0 Å². The van der Waals surface area contributed by atoms with E-state index >= 15 is 0 Å². The summed E-state index contributed by atoms with van der Waals surface area (Å²) in [6, 6.07) is 0. The summed E-state index contributed by atoms with van der Waals surface area (Å²) in [6.45, 7) is 6.77. The van der Waals surface area contributed by atoms with Crippen molar-refractivity contribution < 1.29 is 9.84 Å². The summed E-state index contributed by atoms with van der Waals surface area (Å²) in [4.78, 5) is 0. The highest BCUT2D eigenvalue weighted by Gasteiger charge is 2.34. The molecule has 1 fully saturated rings. The zero-order chi connectivity index (χ0) is 7.78. The lowest BCUT2D eigenvalue weighted by Crippen LogP contribution is -2.32. The normalized spacial score (nSPS) is 30.3. The number of rotatable bonds is 3. The summed E-state index contributed by atoms with van der Waals surface area (Å²) in [5.41, 5.74) is -0.541. The molecule has 2 nitrogen and oxygen atoms in total. The molecule has 0 aliphatic carbocycles. The van der Waals surface area contributed by atoms with Gasteiger partial charge in [-0.25, -0.2) is 0 Å². The van der Waals surface area contributed by atoms with E-state index in [1.54, 1.807) is 0 Å². The fourth-order valence-corrected chi connectivity index (χ4v) is 0.883. The van der Waals surface area contributed by atoms with Gasteiger partial charge in [0.2, 0.25) is 0 Å². The van der Waals surface area contributed by atoms with Crippen molar-refractivity contribution in [2.24, 2.45) is 5.92 Å². The molecule has 10 heavy (non-hydrogen) atoms. The fourth-order valence-electron chi connectivity index (χ4n) is 0.883. The molecule has 60 valence electrons. The van der Waals surface area contributed by atoms with Crippen molar-refractivity contribution in [3.8, 4) is 0 Å². The van der Waals surface area contributed by atoms with Crippen molar-refractivity contribution in [2.75, 3.05) is 6.61 Å². The first kappa shape index (κ1) is 8.02. The van der Waals surface area contributed by atoms with Gasteiger partial charge >= 0.3 is 0 Å². The van der Waals surface area contributed by atoms with Crippen LogP contribution in [0, 0.1) is 5.92 Å². The van der Waals surface area contributed by atoms with Gasteiger partial charge in [0, 0.05) is 6.42 Å². The van der Waals surface area contributed by atoms with Crippen LogP contribution >= 0.6 is 0 Å². The molecule has 0 aromatic carbocycles. The monoisotopic (exact) mass is 144 g/mol. The summed E-state index contributed by atoms with van der Waals surface area (Å²) >= 11 is 0. The standard InChI is InChI=1S/C8H16O2/c1-6(2)8(3,9)4-7-5-10-7/h6-7,9H,4-5H2,1-3H3. The zero-order valence-corrected chi connectivity index (χ0v) is 6.92. The SMILES string of the molecule is CC(C)C(C)(O)CC1CO1. The Morgan fingerprint density at radius 1 is 1.70 bits per heavy atom. The van der Waals surface area contributed by atoms with E-state index in [-0.39, 0.29) is 0 Å². The minimum Gasteiger partial charge on any atom is -0.390 e. The minimum absolute atomic E-state index is 0.316. The molecule has 1 saturated heterocycles. The molecule has 0 amide bonds. The van der Waals surface area contributed by atoms with Gasteiger partial charge in [-0.2, -0.15) is 0 Å². The lowest BCUT2D eigenvalue weighted by atomic mass is 9.88. The molecule has 2 unspecified atom stereocenters. The first-order chi connectivity index (χ1) is 4.52. The van der Waals surface area contributed by atoms with Crippen LogP contribution in [0.25, 0.3) is 0 Å². The molecule has 2 atom stereocenters. The van der Waals surface area contributed by atoms with Gasteiger partial charge in [-0.05, 0) is 12.8 Å². The molecular weight excluding hydrogens is 128 g/mol. The predicted molar refractivity (Wildman–Crippen MR) is 39.8 cm³/mol. The van der Waals surface area contributed by atoms with E-state index in [0.29, 0.717) is 12.0 Å². The van der Waals surface area contributed by atoms with Gasteiger partial charge in [0.1, 0.15) is 0 Å². The Bertz CT molecular complexity index is 114. The van der Waals surface area contributed by atoms with Gasteiger partial charge in [-0.3, -0.25) is 0 Å². The maximum Gasteiger partial charge on any atom is 0.0837 e. The molecule has 1 N–H and O–H groups in total. The number of hydrogen-bond donors (Lipinski definition) is 1. The van der Waals surface area contributed by atoms with E-state index in [0.717, 1.165) is 13.0 Å². The molecule has 0 radical (unpaired) electrons. The summed E-state index contributed by atoms with van der Waals surface area (Å²) in [5, 5.41) is 9.72. The molecular formula is C8H16O2. The van der Waals surface area contributed by atoms with Crippen LogP contribution in [0.2, 0.25) is 0 Å². The van der Waals surface area contributed by atoms with Crippen LogP contribution in [-0.2, 0) is 4.74 Å². The Morgan fingerprint density at radius 2 is 2.20 bits per heavy atom. The van der Waals surface area contributed by atoms with E-state index < -0.39 is 5.60 Å². The first-order valence-corrected chi connectivity index (χ1v) is 3.86. The van der Waals surface area contributed by atoms with E-state index in [1.165, 1.54) is 0 Å². The van der Waals surface area contributed by atoms with Crippen LogP contribution in [0.1, 0.15) is 27.2 Å². The van der Waals surface area contributed by atoms with Gasteiger partial charge in [-0.1, -0.05) is 13.8 Å². The van der Waals surface area contributed by atoms with Crippen LogP contribution in [0.3, 0.4) is 0 Å². The van der Waals surface area contributed by atoms with Crippen LogP contribution in [-0.4, -0.2) is 23.4 Å². The quantitative estimate of drug-likeness (QED) is 0.603. The molecule has 1 aliphatic heterocycles. The summed E-state index contributed by atoms with van der Waals surface area (Å²) in [6.07, 6.45) is 1.11. The molecule has 1 rings (SSSR count). The molecule has 0 bridgehead atoms. The molecule has 1 heterocycles. The predicted octanol–water partition coefficient (Wildman–Crippen LogP) is 1.18. The van der Waals surface area contributed by atoms with Crippen molar-refractivity contribution in [3.63, 3.8) is 0 Å². The zero-order valence-electron chi connectivity index (χ0n) is 6.92. The maximum atomic E-state index is 9.72. The van der Waals surface area contributed by atoms with Gasteiger partial charge in [-0.15, -0.1) is 0 Å². The Kier molecular flexibility index (Phi) is 2.02. The van der Waals surface area contributed by atoms with Crippen LogP contribution in [0.5, 0.6) is 0 Å². The van der Waals surface area contributed by atoms with Gasteiger partial charge in [0.05, 0.1) is 18.3 Å². The molecule has 0 saturated carbocycles. The van der Waals surface area contributed by atoms with E-state index in [2.05, 4.69) is 0 Å². The Morgan fingerprint density at radius 3 is 2.50 bits per heavy atom. The second-order valence-electron chi connectivity index (χ2n) is 3.67. The van der Waals surface area contributed by atoms with E-state index in [9.17, 15) is 5.11 Å². The second-order valence-corrected chi connectivity index (χ2v) is 3.67. The third-order valence-corrected chi connectivity index (χ3v) is 2.29. The summed E-state index contributed by atoms with van der Waals surface area (Å²) in [7, 11) is 0. The largest absolute Gasteiger partial charge is 0.390 e. The molecule has 2 heteroatoms. The third-order valence-electron chi connectivity index (χ3n) is 2.29. The molecule has 1 aliphatic rings. The average Bonchev–Trinajstić information content (AvgIpc) is 2.48. The molecule has 0 aromatic rings. The average molecular weight is 144 g/mol. The Balaban J connectivity index is 2.33. The fraction of sp³-hybridized carbons (Fsp3) is 1.00. The molecule has 0 aromatic heterocycles. The number of aliphatic hydroxyl groups is 1. The lowest BCUT2D eigenvalue weighted by Gasteiger charge is -2.26. The van der Waals surface area contributed by atoms with Crippen LogP contribution in [0.15, 0.2) is 0 Å². The van der Waals surface area contributed by atoms with Crippen LogP contribution in [0.4, 0.5) is 0 Å². The van der Waals surface area contributed by atoms with Crippen molar-refractivity contribution in [1.82, 2.24) is 0 Å². The van der Waals surface area contributed by atoms with Crippen molar-refractivity contribution in [3.05, 3.63) is 0 Å². The maximum absolute atomic E-state index is 9.72. The van der Waals surface area contributed by atoms with Crippen molar-refractivity contribution in [2.45, 2.75) is 38.9 Å². The molecule has 0 spiro atoms. The second kappa shape index (κ2) is 2.51. The highest BCUT2D eigenvalue weighted by molar-refractivity contribution is 4.84. The highest BCUT2D eigenvalue weighted by atomic mass is 16.6. The van der Waals surface area contributed by atoms with Crippen molar-refractivity contribution in [1.29, 1.82) is 0 Å². The highest BCUT2D eigenvalue weighted by Crippen LogP contribution is 2.27. The first-order valence-electron chi connectivity index (χ1n) is 3.86. The van der Waals surface area contributed by atoms with E-state index in [1.807, 2.05) is 20.8 Å². The Hall–Kier alpha value is -0.0800. The van der Waals surface area contributed by atoms with Gasteiger partial charge < -0.3 is 9.84 Å². The minimum atomic E-state index is -0.541. The smallest absolute Gasteiger partial charge is 0.0837 e. The topological polar surface area (TPSA) is 32.8 Å². The lowest BCUT2D eigenvalue weighted by molar-refractivity contribution is -0.000837. The van der Waals surface area contributed by atoms with Gasteiger partial charge in [0.15, 0.2) is 0 Å². The van der Waals surface area contributed by atoms with Crippen LogP contribution < -0.4 is 0 Å². The number of hydrogen-bond acceptors (Lipinski definition) is 2. The van der Waals surface area contributed by atoms with Gasteiger partial charge in [0.25, 0.3) is 0 Å².